The zero-order chi connectivity index (χ0) is 16.1. The number of ketones is 1. The first-order chi connectivity index (χ1) is 11.3. The van der Waals surface area contributed by atoms with Gasteiger partial charge >= 0.3 is 0 Å². The lowest BCUT2D eigenvalue weighted by Crippen LogP contribution is -2.20. The monoisotopic (exact) mass is 323 g/mol. The zero-order valence-corrected chi connectivity index (χ0v) is 13.5. The van der Waals surface area contributed by atoms with Crippen LogP contribution in [0.2, 0.25) is 0 Å². The smallest absolute Gasteiger partial charge is 0.199 e. The van der Waals surface area contributed by atoms with Gasteiger partial charge in [0.05, 0.1) is 12.0 Å². The molecule has 0 saturated carbocycles. The second kappa shape index (κ2) is 7.11. The minimum atomic E-state index is -0.414. The molecule has 3 rings (SSSR count). The Balaban J connectivity index is 1.90. The third kappa shape index (κ3) is 3.60. The second-order valence-electron chi connectivity index (χ2n) is 5.06. The Bertz CT molecular complexity index is 752. The highest BCUT2D eigenvalue weighted by Crippen LogP contribution is 2.26. The molecule has 0 radical (unpaired) electrons. The molecule has 1 unspecified atom stereocenters. The average Bonchev–Trinajstić information content (AvgIpc) is 3.15. The number of methoxy groups -OCH3 is 1. The standard InChI is InChI=1S/C19H17NO2S/c1-22-16-11-9-15(10-12-16)20-18(14-6-3-2-4-7-14)19(21)17-8-5-13-23-17/h2-13,18,20H,1H3. The molecule has 0 bridgehead atoms. The van der Waals surface area contributed by atoms with Crippen molar-refractivity contribution in [3.63, 3.8) is 0 Å². The van der Waals surface area contributed by atoms with Crippen LogP contribution in [0.5, 0.6) is 5.75 Å². The van der Waals surface area contributed by atoms with Gasteiger partial charge in [0.1, 0.15) is 11.8 Å². The Kier molecular flexibility index (Phi) is 4.74. The SMILES string of the molecule is COc1ccc(NC(C(=O)c2cccs2)c2ccccc2)cc1. The predicted octanol–water partition coefficient (Wildman–Crippen LogP) is 4.79. The molecular formula is C19H17NO2S. The second-order valence-corrected chi connectivity index (χ2v) is 6.01. The van der Waals surface area contributed by atoms with E-state index in [4.69, 9.17) is 4.74 Å². The summed E-state index contributed by atoms with van der Waals surface area (Å²) >= 11 is 1.46. The van der Waals surface area contributed by atoms with Crippen LogP contribution in [0.15, 0.2) is 72.1 Å². The first-order valence-electron chi connectivity index (χ1n) is 7.31. The molecule has 0 aliphatic carbocycles. The molecule has 0 aliphatic rings. The number of nitrogens with one attached hydrogen (secondary N) is 1. The van der Waals surface area contributed by atoms with Crippen molar-refractivity contribution in [3.05, 3.63) is 82.6 Å². The van der Waals surface area contributed by atoms with Gasteiger partial charge in [0.25, 0.3) is 0 Å². The van der Waals surface area contributed by atoms with Crippen LogP contribution in [0.3, 0.4) is 0 Å². The molecule has 2 aromatic carbocycles. The van der Waals surface area contributed by atoms with E-state index in [0.29, 0.717) is 0 Å². The largest absolute Gasteiger partial charge is 0.497 e. The zero-order valence-electron chi connectivity index (χ0n) is 12.7. The van der Waals surface area contributed by atoms with Gasteiger partial charge in [-0.2, -0.15) is 0 Å². The Labute approximate surface area is 139 Å². The molecule has 116 valence electrons. The molecule has 0 spiro atoms. The molecule has 1 N–H and O–H groups in total. The molecule has 3 aromatic rings. The summed E-state index contributed by atoms with van der Waals surface area (Å²) in [5, 5.41) is 5.26. The van der Waals surface area contributed by atoms with Gasteiger partial charge in [-0.25, -0.2) is 0 Å². The van der Waals surface area contributed by atoms with Crippen molar-refractivity contribution in [2.75, 3.05) is 12.4 Å². The highest BCUT2D eigenvalue weighted by atomic mass is 32.1. The van der Waals surface area contributed by atoms with E-state index in [1.54, 1.807) is 7.11 Å². The predicted molar refractivity (Wildman–Crippen MR) is 94.4 cm³/mol. The number of ether oxygens (including phenoxy) is 1. The lowest BCUT2D eigenvalue weighted by atomic mass is 10.0. The van der Waals surface area contributed by atoms with E-state index in [-0.39, 0.29) is 5.78 Å². The van der Waals surface area contributed by atoms with Gasteiger partial charge < -0.3 is 10.1 Å². The van der Waals surface area contributed by atoms with Crippen LogP contribution in [-0.2, 0) is 0 Å². The number of hydrogen-bond donors (Lipinski definition) is 1. The van der Waals surface area contributed by atoms with E-state index in [9.17, 15) is 4.79 Å². The maximum atomic E-state index is 12.9. The van der Waals surface area contributed by atoms with Gasteiger partial charge in [-0.3, -0.25) is 4.79 Å². The average molecular weight is 323 g/mol. The fraction of sp³-hybridized carbons (Fsp3) is 0.105. The van der Waals surface area contributed by atoms with Crippen LogP contribution < -0.4 is 10.1 Å². The van der Waals surface area contributed by atoms with E-state index < -0.39 is 6.04 Å². The van der Waals surface area contributed by atoms with E-state index >= 15 is 0 Å². The first-order valence-corrected chi connectivity index (χ1v) is 8.19. The van der Waals surface area contributed by atoms with Crippen molar-refractivity contribution in [2.45, 2.75) is 6.04 Å². The van der Waals surface area contributed by atoms with Gasteiger partial charge in [0.2, 0.25) is 0 Å². The highest BCUT2D eigenvalue weighted by molar-refractivity contribution is 7.12. The topological polar surface area (TPSA) is 38.3 Å². The molecule has 23 heavy (non-hydrogen) atoms. The van der Waals surface area contributed by atoms with E-state index in [1.807, 2.05) is 72.1 Å². The number of thiophene rings is 1. The van der Waals surface area contributed by atoms with Crippen molar-refractivity contribution in [2.24, 2.45) is 0 Å². The number of benzene rings is 2. The fourth-order valence-electron chi connectivity index (χ4n) is 2.36. The summed E-state index contributed by atoms with van der Waals surface area (Å²) in [6.45, 7) is 0. The molecule has 1 aromatic heterocycles. The molecular weight excluding hydrogens is 306 g/mol. The number of anilines is 1. The Morgan fingerprint density at radius 3 is 2.35 bits per heavy atom. The van der Waals surface area contributed by atoms with Crippen LogP contribution in [0.25, 0.3) is 0 Å². The summed E-state index contributed by atoms with van der Waals surface area (Å²) in [7, 11) is 1.63. The van der Waals surface area contributed by atoms with Crippen molar-refractivity contribution >= 4 is 22.8 Å². The van der Waals surface area contributed by atoms with E-state index in [2.05, 4.69) is 5.32 Å². The number of carbonyl (C=O) groups excluding carboxylic acids is 1. The normalized spacial score (nSPS) is 11.7. The van der Waals surface area contributed by atoms with Crippen molar-refractivity contribution in [1.82, 2.24) is 0 Å². The molecule has 1 heterocycles. The van der Waals surface area contributed by atoms with Gasteiger partial charge in [-0.15, -0.1) is 11.3 Å². The molecule has 4 heteroatoms. The van der Waals surface area contributed by atoms with Crippen molar-refractivity contribution in [3.8, 4) is 5.75 Å². The first kappa shape index (κ1) is 15.3. The van der Waals surface area contributed by atoms with E-state index in [1.165, 1.54) is 11.3 Å². The molecule has 1 atom stereocenters. The quantitative estimate of drug-likeness (QED) is 0.663. The summed E-state index contributed by atoms with van der Waals surface area (Å²) in [5.74, 6) is 0.860. The number of carbonyl (C=O) groups is 1. The summed E-state index contributed by atoms with van der Waals surface area (Å²) in [6, 6.07) is 20.7. The molecule has 3 nitrogen and oxygen atoms in total. The van der Waals surface area contributed by atoms with Gasteiger partial charge in [0.15, 0.2) is 5.78 Å². The van der Waals surface area contributed by atoms with E-state index in [0.717, 1.165) is 21.9 Å². The number of hydrogen-bond acceptors (Lipinski definition) is 4. The molecule has 0 aliphatic heterocycles. The van der Waals surface area contributed by atoms with Crippen molar-refractivity contribution < 1.29 is 9.53 Å². The van der Waals surface area contributed by atoms with Crippen LogP contribution in [0.1, 0.15) is 21.3 Å². The minimum absolute atomic E-state index is 0.0713. The maximum absolute atomic E-state index is 12.9. The molecule has 0 amide bonds. The molecule has 0 fully saturated rings. The van der Waals surface area contributed by atoms with Gasteiger partial charge in [-0.05, 0) is 41.3 Å². The Morgan fingerprint density at radius 1 is 1.00 bits per heavy atom. The summed E-state index contributed by atoms with van der Waals surface area (Å²) in [4.78, 5) is 13.6. The Morgan fingerprint density at radius 2 is 1.74 bits per heavy atom. The lowest BCUT2D eigenvalue weighted by Gasteiger charge is -2.19. The highest BCUT2D eigenvalue weighted by Gasteiger charge is 2.22. The minimum Gasteiger partial charge on any atom is -0.497 e. The van der Waals surface area contributed by atoms with Crippen LogP contribution >= 0.6 is 11.3 Å². The number of Topliss-reactive ketones (excluding diaryl/α,β-unsaturated/α-hetero) is 1. The van der Waals surface area contributed by atoms with Crippen LogP contribution in [-0.4, -0.2) is 12.9 Å². The summed E-state index contributed by atoms with van der Waals surface area (Å²) in [5.41, 5.74) is 1.83. The van der Waals surface area contributed by atoms with Crippen LogP contribution in [0.4, 0.5) is 5.69 Å². The molecule has 0 saturated heterocycles. The number of rotatable bonds is 6. The third-order valence-electron chi connectivity index (χ3n) is 3.56. The van der Waals surface area contributed by atoms with Gasteiger partial charge in [0, 0.05) is 5.69 Å². The van der Waals surface area contributed by atoms with Crippen LogP contribution in [0, 0.1) is 0 Å². The fourth-order valence-corrected chi connectivity index (χ4v) is 3.06. The maximum Gasteiger partial charge on any atom is 0.199 e. The van der Waals surface area contributed by atoms with Crippen molar-refractivity contribution in [1.29, 1.82) is 0 Å². The summed E-state index contributed by atoms with van der Waals surface area (Å²) < 4.78 is 5.17. The third-order valence-corrected chi connectivity index (χ3v) is 4.44. The lowest BCUT2D eigenvalue weighted by molar-refractivity contribution is 0.0973. The summed E-state index contributed by atoms with van der Waals surface area (Å²) in [6.07, 6.45) is 0. The van der Waals surface area contributed by atoms with Gasteiger partial charge in [-0.1, -0.05) is 36.4 Å². The Hall–Kier alpha value is -2.59.